The van der Waals surface area contributed by atoms with Gasteiger partial charge < -0.3 is 19.5 Å². The van der Waals surface area contributed by atoms with E-state index < -0.39 is 5.82 Å². The predicted octanol–water partition coefficient (Wildman–Crippen LogP) is 9.33. The molecule has 0 radical (unpaired) electrons. The molecule has 3 fully saturated rings. The number of likely N-dealkylation sites (tertiary alicyclic amines) is 1. The Kier molecular flexibility index (Phi) is 10.3. The number of carbonyl (C=O) groups is 1. The summed E-state index contributed by atoms with van der Waals surface area (Å²) in [6, 6.07) is 32.2. The lowest BCUT2D eigenvalue weighted by Gasteiger charge is -2.53. The van der Waals surface area contributed by atoms with Gasteiger partial charge in [0.25, 0.3) is 0 Å². The Morgan fingerprint density at radius 1 is 0.846 bits per heavy atom. The van der Waals surface area contributed by atoms with Crippen LogP contribution in [0.25, 0.3) is 0 Å². The smallest absolute Gasteiger partial charge is 0.238 e. The molecule has 0 spiro atoms. The highest BCUT2D eigenvalue weighted by Gasteiger charge is 2.59. The molecule has 8 rings (SSSR count). The number of hydrogen-bond acceptors (Lipinski definition) is 5. The molecule has 4 aromatic carbocycles. The maximum absolute atomic E-state index is 15.6. The first-order valence-electron chi connectivity index (χ1n) is 19.4. The van der Waals surface area contributed by atoms with Crippen LogP contribution in [0.3, 0.4) is 0 Å². The summed E-state index contributed by atoms with van der Waals surface area (Å²) in [4.78, 5) is 14.9. The van der Waals surface area contributed by atoms with Gasteiger partial charge in [0, 0.05) is 17.4 Å². The zero-order valence-corrected chi connectivity index (χ0v) is 30.3. The second kappa shape index (κ2) is 15.4. The number of nitrogens with zero attached hydrogens (tertiary/aromatic N) is 1. The molecule has 272 valence electrons. The number of nitrogens with one attached hydrogen (secondary N) is 1. The van der Waals surface area contributed by atoms with Crippen molar-refractivity contribution in [2.75, 3.05) is 25.0 Å². The Labute approximate surface area is 307 Å². The van der Waals surface area contributed by atoms with Gasteiger partial charge in [0.15, 0.2) is 0 Å². The average molecular weight is 703 g/mol. The summed E-state index contributed by atoms with van der Waals surface area (Å²) < 4.78 is 35.5. The molecule has 6 atom stereocenters. The number of anilines is 1. The van der Waals surface area contributed by atoms with E-state index in [0.29, 0.717) is 30.8 Å². The molecule has 4 aliphatic rings. The standard InChI is InChI=1S/C45H51FN2O4/c1-45-27-41(52-35-17-21-40(39(46)26-35)47-43(49)28-48-23-9-4-10-24-48)44-36-19-16-34(50-29-31-11-5-2-6-12-31)25-33(36)15-18-37(44)38(45)20-22-42(45)51-30-32-13-7-3-8-14-32/h2-3,5-8,11-14,16-17,19,21,25-26,37-38,41-42,44H,4,9-10,15,18,20,22-24,27-30H2,1H3,(H,47,49)/t37-,38-,41-,42-,44+,45-/m0/s1. The molecule has 1 aliphatic heterocycles. The van der Waals surface area contributed by atoms with E-state index in [9.17, 15) is 4.79 Å². The van der Waals surface area contributed by atoms with Gasteiger partial charge in [-0.25, -0.2) is 4.39 Å². The van der Waals surface area contributed by atoms with Gasteiger partial charge in [-0.2, -0.15) is 0 Å². The summed E-state index contributed by atoms with van der Waals surface area (Å²) in [7, 11) is 0. The van der Waals surface area contributed by atoms with Gasteiger partial charge in [-0.1, -0.05) is 80.1 Å². The van der Waals surface area contributed by atoms with E-state index in [-0.39, 0.29) is 41.7 Å². The normalized spacial score (nSPS) is 26.8. The fourth-order valence-corrected chi connectivity index (χ4v) is 9.91. The molecular formula is C45H51FN2O4. The van der Waals surface area contributed by atoms with Crippen LogP contribution in [0.4, 0.5) is 10.1 Å². The number of amides is 1. The fourth-order valence-electron chi connectivity index (χ4n) is 9.91. The average Bonchev–Trinajstić information content (AvgIpc) is 3.50. The van der Waals surface area contributed by atoms with Crippen LogP contribution in [-0.4, -0.2) is 42.6 Å². The third-order valence-corrected chi connectivity index (χ3v) is 12.4. The zero-order valence-electron chi connectivity index (χ0n) is 30.3. The first-order valence-corrected chi connectivity index (χ1v) is 19.4. The fraction of sp³-hybridized carbons (Fsp3) is 0.444. The largest absolute Gasteiger partial charge is 0.490 e. The monoisotopic (exact) mass is 702 g/mol. The van der Waals surface area contributed by atoms with Crippen molar-refractivity contribution in [3.8, 4) is 11.5 Å². The van der Waals surface area contributed by atoms with Crippen LogP contribution in [0.1, 0.15) is 80.0 Å². The van der Waals surface area contributed by atoms with E-state index >= 15 is 4.39 Å². The van der Waals surface area contributed by atoms with Crippen LogP contribution in [0, 0.1) is 23.1 Å². The molecule has 0 unspecified atom stereocenters. The number of piperidine rings is 1. The highest BCUT2D eigenvalue weighted by molar-refractivity contribution is 5.92. The number of carbonyl (C=O) groups excluding carboxylic acids is 1. The minimum absolute atomic E-state index is 0.0717. The van der Waals surface area contributed by atoms with Gasteiger partial charge in [0.2, 0.25) is 5.91 Å². The second-order valence-corrected chi connectivity index (χ2v) is 15.7. The lowest BCUT2D eigenvalue weighted by atomic mass is 9.54. The van der Waals surface area contributed by atoms with E-state index in [4.69, 9.17) is 14.2 Å². The van der Waals surface area contributed by atoms with Crippen molar-refractivity contribution in [3.05, 3.63) is 125 Å². The van der Waals surface area contributed by atoms with Crippen molar-refractivity contribution >= 4 is 11.6 Å². The third-order valence-electron chi connectivity index (χ3n) is 12.4. The van der Waals surface area contributed by atoms with Crippen molar-refractivity contribution in [2.45, 2.75) is 89.6 Å². The minimum atomic E-state index is -0.477. The Hall–Kier alpha value is -4.20. The van der Waals surface area contributed by atoms with Gasteiger partial charge in [-0.15, -0.1) is 0 Å². The van der Waals surface area contributed by atoms with Crippen LogP contribution in [0.2, 0.25) is 0 Å². The van der Waals surface area contributed by atoms with Gasteiger partial charge in [-0.05, 0) is 116 Å². The number of hydrogen-bond donors (Lipinski definition) is 1. The highest BCUT2D eigenvalue weighted by Crippen LogP contribution is 2.62. The Balaban J connectivity index is 1.04. The number of rotatable bonds is 11. The maximum atomic E-state index is 15.6. The molecule has 6 nitrogen and oxygen atoms in total. The molecule has 0 bridgehead atoms. The van der Waals surface area contributed by atoms with Gasteiger partial charge >= 0.3 is 0 Å². The molecule has 7 heteroatoms. The zero-order chi connectivity index (χ0) is 35.5. The summed E-state index contributed by atoms with van der Waals surface area (Å²) in [6.45, 7) is 5.64. The lowest BCUT2D eigenvalue weighted by molar-refractivity contribution is -0.117. The highest BCUT2D eigenvalue weighted by atomic mass is 19.1. The molecule has 4 aromatic rings. The van der Waals surface area contributed by atoms with Crippen molar-refractivity contribution < 1.29 is 23.4 Å². The Morgan fingerprint density at radius 2 is 1.58 bits per heavy atom. The van der Waals surface area contributed by atoms with E-state index in [0.717, 1.165) is 69.3 Å². The second-order valence-electron chi connectivity index (χ2n) is 15.7. The molecule has 2 saturated carbocycles. The van der Waals surface area contributed by atoms with Crippen LogP contribution in [-0.2, 0) is 29.2 Å². The number of fused-ring (bicyclic) bond motifs is 5. The molecule has 1 saturated heterocycles. The van der Waals surface area contributed by atoms with Crippen molar-refractivity contribution in [1.29, 1.82) is 0 Å². The molecule has 1 N–H and O–H groups in total. The number of ether oxygens (including phenoxy) is 3. The van der Waals surface area contributed by atoms with Crippen LogP contribution < -0.4 is 14.8 Å². The number of halogens is 1. The lowest BCUT2D eigenvalue weighted by Crippen LogP contribution is -2.52. The van der Waals surface area contributed by atoms with Gasteiger partial charge in [-0.3, -0.25) is 9.69 Å². The molecular weight excluding hydrogens is 652 g/mol. The predicted molar refractivity (Wildman–Crippen MR) is 202 cm³/mol. The van der Waals surface area contributed by atoms with Crippen LogP contribution >= 0.6 is 0 Å². The minimum Gasteiger partial charge on any atom is -0.490 e. The maximum Gasteiger partial charge on any atom is 0.238 e. The van der Waals surface area contributed by atoms with Crippen LogP contribution in [0.15, 0.2) is 97.1 Å². The molecule has 3 aliphatic carbocycles. The van der Waals surface area contributed by atoms with E-state index in [2.05, 4.69) is 71.7 Å². The van der Waals surface area contributed by atoms with E-state index in [1.165, 1.54) is 29.2 Å². The summed E-state index contributed by atoms with van der Waals surface area (Å²) >= 11 is 0. The van der Waals surface area contributed by atoms with Crippen molar-refractivity contribution in [3.63, 3.8) is 0 Å². The summed E-state index contributed by atoms with van der Waals surface area (Å²) in [5.74, 6) is 1.82. The van der Waals surface area contributed by atoms with Crippen LogP contribution in [0.5, 0.6) is 11.5 Å². The first-order chi connectivity index (χ1) is 25.4. The van der Waals surface area contributed by atoms with Crippen molar-refractivity contribution in [1.82, 2.24) is 4.90 Å². The topological polar surface area (TPSA) is 60.0 Å². The Bertz CT molecular complexity index is 1830. The van der Waals surface area contributed by atoms with Gasteiger partial charge in [0.1, 0.15) is 30.0 Å². The summed E-state index contributed by atoms with van der Waals surface area (Å²) in [5.41, 5.74) is 5.09. The van der Waals surface area contributed by atoms with Crippen molar-refractivity contribution in [2.24, 2.45) is 17.3 Å². The Morgan fingerprint density at radius 3 is 2.33 bits per heavy atom. The van der Waals surface area contributed by atoms with E-state index in [1.54, 1.807) is 6.07 Å². The number of aryl methyl sites for hydroxylation is 1. The SMILES string of the molecule is C[C@]12C[C@H](Oc3ccc(NC(=O)CN4CCCCC4)c(F)c3)[C@@H]3c4ccc(OCc5ccccc5)cc4CC[C@H]3[C@@H]1CC[C@@H]2OCc1ccccc1. The van der Waals surface area contributed by atoms with Gasteiger partial charge in [0.05, 0.1) is 24.9 Å². The molecule has 1 heterocycles. The summed E-state index contributed by atoms with van der Waals surface area (Å²) in [6.07, 6.45) is 8.41. The molecule has 52 heavy (non-hydrogen) atoms. The third kappa shape index (κ3) is 7.49. The number of benzene rings is 4. The molecule has 1 amide bonds. The summed E-state index contributed by atoms with van der Waals surface area (Å²) in [5, 5.41) is 2.80. The molecule has 0 aromatic heterocycles. The quantitative estimate of drug-likeness (QED) is 0.169. The van der Waals surface area contributed by atoms with E-state index in [1.807, 2.05) is 30.3 Å². The first kappa shape index (κ1) is 34.9.